The summed E-state index contributed by atoms with van der Waals surface area (Å²) in [5.41, 5.74) is 1.08. The summed E-state index contributed by atoms with van der Waals surface area (Å²) >= 11 is 0. The minimum Gasteiger partial charge on any atom is -0.465 e. The van der Waals surface area contributed by atoms with Crippen LogP contribution in [0.3, 0.4) is 0 Å². The van der Waals surface area contributed by atoms with Crippen LogP contribution in [0, 0.1) is 0 Å². The number of benzene rings is 1. The second-order valence-electron chi connectivity index (χ2n) is 7.97. The minimum atomic E-state index is -4.83. The number of hydrogen-bond acceptors (Lipinski definition) is 5. The highest BCUT2D eigenvalue weighted by Crippen LogP contribution is 2.45. The van der Waals surface area contributed by atoms with Gasteiger partial charge in [0.15, 0.2) is 0 Å². The first-order chi connectivity index (χ1) is 14.7. The topological polar surface area (TPSA) is 85.0 Å². The van der Waals surface area contributed by atoms with Crippen LogP contribution in [-0.4, -0.2) is 46.3 Å². The Hall–Kier alpha value is -2.75. The molecule has 2 atom stereocenters. The van der Waals surface area contributed by atoms with E-state index in [-0.39, 0.29) is 41.7 Å². The number of ether oxygens (including phenoxy) is 2. The van der Waals surface area contributed by atoms with Crippen LogP contribution in [0.5, 0.6) is 5.75 Å². The van der Waals surface area contributed by atoms with Crippen LogP contribution in [0.1, 0.15) is 49.8 Å². The molecule has 0 radical (unpaired) electrons. The van der Waals surface area contributed by atoms with Gasteiger partial charge in [0.2, 0.25) is 0 Å². The Balaban J connectivity index is 1.56. The Morgan fingerprint density at radius 1 is 1.29 bits per heavy atom. The van der Waals surface area contributed by atoms with Crippen LogP contribution in [-0.2, 0) is 11.3 Å². The number of alkyl halides is 3. The number of rotatable bonds is 6. The summed E-state index contributed by atoms with van der Waals surface area (Å²) in [6.07, 6.45) is -3.01. The van der Waals surface area contributed by atoms with Crippen molar-refractivity contribution in [1.82, 2.24) is 10.1 Å². The van der Waals surface area contributed by atoms with Gasteiger partial charge < -0.3 is 24.0 Å². The fourth-order valence-electron chi connectivity index (χ4n) is 3.98. The molecular weight excluding hydrogens is 417 g/mol. The molecule has 0 bridgehead atoms. The van der Waals surface area contributed by atoms with Crippen molar-refractivity contribution in [3.8, 4) is 17.0 Å². The lowest BCUT2D eigenvalue weighted by molar-refractivity contribution is -0.274. The monoisotopic (exact) mass is 440 g/mol. The Bertz CT molecular complexity index is 941. The summed E-state index contributed by atoms with van der Waals surface area (Å²) in [6, 6.07) is 5.63. The van der Waals surface area contributed by atoms with Crippen LogP contribution >= 0.6 is 0 Å². The van der Waals surface area contributed by atoms with E-state index in [2.05, 4.69) is 9.89 Å². The zero-order chi connectivity index (χ0) is 22.2. The molecule has 168 valence electrons. The molecule has 1 N–H and O–H groups in total. The van der Waals surface area contributed by atoms with Gasteiger partial charge in [-0.15, -0.1) is 13.2 Å². The molecule has 1 aliphatic heterocycles. The van der Waals surface area contributed by atoms with Crippen molar-refractivity contribution in [3.05, 3.63) is 35.6 Å². The van der Waals surface area contributed by atoms with Crippen LogP contribution in [0.15, 0.2) is 28.8 Å². The molecule has 1 aromatic heterocycles. The summed E-state index contributed by atoms with van der Waals surface area (Å²) < 4.78 is 54.3. The van der Waals surface area contributed by atoms with Crippen LogP contribution in [0.2, 0.25) is 0 Å². The minimum absolute atomic E-state index is 0.121. The fraction of sp³-hybridized carbons (Fsp3) is 0.524. The Kier molecular flexibility index (Phi) is 5.83. The first-order valence-corrected chi connectivity index (χ1v) is 10.2. The third-order valence-electron chi connectivity index (χ3n) is 5.67. The molecular formula is C21H23F3N2O5. The van der Waals surface area contributed by atoms with Gasteiger partial charge in [0.25, 0.3) is 0 Å². The smallest absolute Gasteiger partial charge is 0.465 e. The maximum Gasteiger partial charge on any atom is 0.573 e. The van der Waals surface area contributed by atoms with Crippen molar-refractivity contribution in [1.29, 1.82) is 0 Å². The first-order valence-electron chi connectivity index (χ1n) is 10.2. The normalized spacial score (nSPS) is 21.9. The van der Waals surface area contributed by atoms with E-state index in [0.29, 0.717) is 30.7 Å². The van der Waals surface area contributed by atoms with Crippen molar-refractivity contribution in [2.45, 2.75) is 63.6 Å². The number of carboxylic acid groups (broad SMARTS) is 1. The van der Waals surface area contributed by atoms with E-state index in [1.54, 1.807) is 6.07 Å². The molecule has 10 heteroatoms. The molecule has 1 saturated heterocycles. The number of aromatic nitrogens is 1. The number of para-hydroxylation sites is 1. The summed E-state index contributed by atoms with van der Waals surface area (Å²) in [5.74, 6) is 0.464. The third kappa shape index (κ3) is 4.95. The molecule has 1 aliphatic carbocycles. The zero-order valence-electron chi connectivity index (χ0n) is 16.9. The van der Waals surface area contributed by atoms with E-state index < -0.39 is 12.5 Å². The molecule has 1 amide bonds. The lowest BCUT2D eigenvalue weighted by atomic mass is 10.0. The summed E-state index contributed by atoms with van der Waals surface area (Å²) in [6.45, 7) is 2.32. The van der Waals surface area contributed by atoms with Gasteiger partial charge in [-0.3, -0.25) is 0 Å². The molecule has 2 heterocycles. The molecule has 2 fully saturated rings. The Morgan fingerprint density at radius 2 is 2.03 bits per heavy atom. The molecule has 7 nitrogen and oxygen atoms in total. The number of nitrogens with zero attached hydrogens (tertiary/aromatic N) is 2. The van der Waals surface area contributed by atoms with Gasteiger partial charge in [-0.1, -0.05) is 17.3 Å². The lowest BCUT2D eigenvalue weighted by Gasteiger charge is -2.35. The Morgan fingerprint density at radius 3 is 2.68 bits per heavy atom. The van der Waals surface area contributed by atoms with Crippen molar-refractivity contribution in [3.63, 3.8) is 0 Å². The first kappa shape index (κ1) is 21.5. The van der Waals surface area contributed by atoms with Crippen molar-refractivity contribution in [2.24, 2.45) is 0 Å². The zero-order valence-corrected chi connectivity index (χ0v) is 16.9. The number of halogens is 3. The van der Waals surface area contributed by atoms with Gasteiger partial charge >= 0.3 is 12.5 Å². The highest BCUT2D eigenvalue weighted by molar-refractivity contribution is 5.70. The van der Waals surface area contributed by atoms with Crippen molar-refractivity contribution >= 4 is 6.09 Å². The van der Waals surface area contributed by atoms with Gasteiger partial charge in [-0.25, -0.2) is 4.79 Å². The molecule has 2 aliphatic rings. The van der Waals surface area contributed by atoms with Gasteiger partial charge in [0, 0.05) is 29.6 Å². The molecule has 1 aromatic carbocycles. The van der Waals surface area contributed by atoms with E-state index in [9.17, 15) is 23.1 Å². The highest BCUT2D eigenvalue weighted by atomic mass is 19.4. The number of amides is 1. The average molecular weight is 440 g/mol. The summed E-state index contributed by atoms with van der Waals surface area (Å²) in [5, 5.41) is 13.3. The quantitative estimate of drug-likeness (QED) is 0.668. The number of piperidine rings is 1. The maximum absolute atomic E-state index is 12.9. The number of carbonyl (C=O) groups is 1. The van der Waals surface area contributed by atoms with Crippen molar-refractivity contribution < 1.29 is 37.1 Å². The van der Waals surface area contributed by atoms with Gasteiger partial charge in [-0.2, -0.15) is 0 Å². The maximum atomic E-state index is 12.9. The predicted octanol–water partition coefficient (Wildman–Crippen LogP) is 5.17. The van der Waals surface area contributed by atoms with E-state index in [1.165, 1.54) is 23.1 Å². The van der Waals surface area contributed by atoms with Crippen LogP contribution in [0.4, 0.5) is 18.0 Å². The molecule has 0 spiro atoms. The molecule has 1 unspecified atom stereocenters. The van der Waals surface area contributed by atoms with E-state index in [1.807, 2.05) is 6.92 Å². The van der Waals surface area contributed by atoms with E-state index in [4.69, 9.17) is 9.26 Å². The van der Waals surface area contributed by atoms with Gasteiger partial charge in [0.05, 0.1) is 12.7 Å². The lowest BCUT2D eigenvalue weighted by Crippen LogP contribution is -2.46. The third-order valence-corrected chi connectivity index (χ3v) is 5.67. The average Bonchev–Trinajstić information content (AvgIpc) is 3.45. The van der Waals surface area contributed by atoms with E-state index in [0.717, 1.165) is 12.8 Å². The largest absolute Gasteiger partial charge is 0.573 e. The fourth-order valence-corrected chi connectivity index (χ4v) is 3.98. The standard InChI is InChI=1S/C21H23F3N2O5/c1-12-10-14(8-9-26(12)20(27)28)29-11-16-18(25-31-19(16)13-6-7-13)15-4-2-3-5-17(15)30-21(22,23)24/h2-5,12-14H,6-11H2,1H3,(H,27,28)/t12-,14?/m1/s1. The Labute approximate surface area is 176 Å². The predicted molar refractivity (Wildman–Crippen MR) is 103 cm³/mol. The van der Waals surface area contributed by atoms with Gasteiger partial charge in [-0.05, 0) is 44.7 Å². The number of hydrogen-bond donors (Lipinski definition) is 1. The second-order valence-corrected chi connectivity index (χ2v) is 7.97. The molecule has 2 aromatic rings. The number of likely N-dealkylation sites (tertiary alicyclic amines) is 1. The van der Waals surface area contributed by atoms with Crippen LogP contribution in [0.25, 0.3) is 11.3 Å². The second kappa shape index (κ2) is 8.41. The summed E-state index contributed by atoms with van der Waals surface area (Å²) in [7, 11) is 0. The van der Waals surface area contributed by atoms with Crippen LogP contribution < -0.4 is 4.74 Å². The van der Waals surface area contributed by atoms with E-state index >= 15 is 0 Å². The SMILES string of the molecule is C[C@@H]1CC(OCc2c(-c3ccccc3OC(F)(F)F)noc2C2CC2)CCN1C(=O)O. The van der Waals surface area contributed by atoms with Crippen molar-refractivity contribution in [2.75, 3.05) is 6.54 Å². The highest BCUT2D eigenvalue weighted by Gasteiger charge is 2.36. The van der Waals surface area contributed by atoms with Gasteiger partial charge in [0.1, 0.15) is 17.2 Å². The molecule has 31 heavy (non-hydrogen) atoms. The molecule has 1 saturated carbocycles. The molecule has 4 rings (SSSR count). The summed E-state index contributed by atoms with van der Waals surface area (Å²) in [4.78, 5) is 12.6.